The number of amides is 2. The van der Waals surface area contributed by atoms with E-state index in [-0.39, 0.29) is 0 Å². The van der Waals surface area contributed by atoms with Crippen LogP contribution >= 0.6 is 0 Å². The van der Waals surface area contributed by atoms with Crippen molar-refractivity contribution in [2.24, 2.45) is 0 Å². The van der Waals surface area contributed by atoms with E-state index in [2.05, 4.69) is 10.9 Å². The van der Waals surface area contributed by atoms with Crippen LogP contribution in [-0.4, -0.2) is 31.2 Å². The third kappa shape index (κ3) is 4.06. The second-order valence-corrected chi connectivity index (χ2v) is 8.30. The molecule has 36 heavy (non-hydrogen) atoms. The summed E-state index contributed by atoms with van der Waals surface area (Å²) in [4.78, 5) is 52.0. The summed E-state index contributed by atoms with van der Waals surface area (Å²) in [7, 11) is 0. The minimum atomic E-state index is -1.06. The molecule has 0 saturated carbocycles. The zero-order valence-electron chi connectivity index (χ0n) is 19.9. The van der Waals surface area contributed by atoms with E-state index in [9.17, 15) is 29.4 Å². The summed E-state index contributed by atoms with van der Waals surface area (Å²) in [5.74, 6) is -3.16. The van der Waals surface area contributed by atoms with Crippen LogP contribution in [0.2, 0.25) is 0 Å². The summed E-state index contributed by atoms with van der Waals surface area (Å²) in [6.45, 7) is 4.37. The molecule has 0 fully saturated rings. The molecule has 10 heteroatoms. The topological polar surface area (TPSA) is 143 Å². The molecule has 0 atom stereocenters. The molecule has 4 N–H and O–H groups in total. The van der Waals surface area contributed by atoms with Gasteiger partial charge in [0.1, 0.15) is 22.6 Å². The van der Waals surface area contributed by atoms with Gasteiger partial charge in [-0.2, -0.15) is 0 Å². The molecule has 0 aliphatic heterocycles. The van der Waals surface area contributed by atoms with Gasteiger partial charge in [0.05, 0.1) is 11.0 Å². The second kappa shape index (κ2) is 9.95. The van der Waals surface area contributed by atoms with Crippen LogP contribution in [0.3, 0.4) is 0 Å². The largest absolute Gasteiger partial charge is 0.506 e. The number of rotatable bonds is 6. The Labute approximate surface area is 205 Å². The molecule has 0 spiro atoms. The number of aromatic hydroxyl groups is 2. The van der Waals surface area contributed by atoms with Gasteiger partial charge in [0.2, 0.25) is 0 Å². The van der Waals surface area contributed by atoms with Gasteiger partial charge in [-0.25, -0.2) is 0 Å². The Kier molecular flexibility index (Phi) is 6.77. The van der Waals surface area contributed by atoms with E-state index in [0.717, 1.165) is 0 Å². The van der Waals surface area contributed by atoms with Gasteiger partial charge in [-0.15, -0.1) is 0 Å². The molecule has 0 saturated heterocycles. The van der Waals surface area contributed by atoms with Gasteiger partial charge in [-0.1, -0.05) is 38.1 Å². The molecule has 2 aromatic carbocycles. The number of hydrazine groups is 1. The minimum absolute atomic E-state index is 0.302. The summed E-state index contributed by atoms with van der Waals surface area (Å²) in [6.07, 6.45) is 1.22. The fraction of sp³-hybridized carbons (Fsp3) is 0.231. The lowest BCUT2D eigenvalue weighted by Gasteiger charge is -2.16. The van der Waals surface area contributed by atoms with E-state index >= 15 is 0 Å². The molecule has 4 aromatic rings. The SMILES string of the molecule is CCCn1c(=O)c(C(=O)NNC(=O)c2c(O)c3ccccc3n(CCC)c2=O)c(O)c2ccccc21. The highest BCUT2D eigenvalue weighted by Crippen LogP contribution is 2.27. The standard InChI is InChI=1S/C26H26N4O6/c1-3-13-29-17-11-7-5-9-15(17)21(31)19(25(29)35)23(33)27-28-24(34)20-22(32)16-10-6-8-12-18(16)30(14-4-2)26(20)36/h5-12,31-32H,3-4,13-14H2,1-2H3,(H,27,33)(H,28,34). The van der Waals surface area contributed by atoms with Crippen LogP contribution in [0.15, 0.2) is 58.1 Å². The molecule has 10 nitrogen and oxygen atoms in total. The maximum Gasteiger partial charge on any atom is 0.279 e. The van der Waals surface area contributed by atoms with E-state index in [1.165, 1.54) is 9.13 Å². The van der Waals surface area contributed by atoms with Gasteiger partial charge < -0.3 is 19.3 Å². The Balaban J connectivity index is 1.71. The number of hydrogen-bond acceptors (Lipinski definition) is 6. The minimum Gasteiger partial charge on any atom is -0.506 e. The van der Waals surface area contributed by atoms with Crippen molar-refractivity contribution < 1.29 is 19.8 Å². The number of benzene rings is 2. The maximum atomic E-state index is 13.1. The Morgan fingerprint density at radius 2 is 1.06 bits per heavy atom. The van der Waals surface area contributed by atoms with Gasteiger partial charge in [0, 0.05) is 23.9 Å². The zero-order chi connectivity index (χ0) is 26.0. The number of carbonyl (C=O) groups excluding carboxylic acids is 2. The van der Waals surface area contributed by atoms with Crippen LogP contribution in [0, 0.1) is 0 Å². The van der Waals surface area contributed by atoms with Crippen LogP contribution in [-0.2, 0) is 13.1 Å². The molecule has 0 radical (unpaired) electrons. The van der Waals surface area contributed by atoms with Crippen LogP contribution in [0.5, 0.6) is 11.5 Å². The monoisotopic (exact) mass is 490 g/mol. The molecule has 0 aliphatic carbocycles. The van der Waals surface area contributed by atoms with Crippen molar-refractivity contribution in [2.75, 3.05) is 0 Å². The van der Waals surface area contributed by atoms with E-state index in [1.807, 2.05) is 13.8 Å². The normalized spacial score (nSPS) is 11.1. The highest BCUT2D eigenvalue weighted by Gasteiger charge is 2.25. The lowest BCUT2D eigenvalue weighted by Crippen LogP contribution is -2.46. The molecule has 2 aromatic heterocycles. The maximum absolute atomic E-state index is 13.1. The van der Waals surface area contributed by atoms with Crippen LogP contribution in [0.4, 0.5) is 0 Å². The third-order valence-electron chi connectivity index (χ3n) is 5.93. The van der Waals surface area contributed by atoms with E-state index in [4.69, 9.17) is 0 Å². The van der Waals surface area contributed by atoms with Gasteiger partial charge in [-0.05, 0) is 37.1 Å². The van der Waals surface area contributed by atoms with Crippen molar-refractivity contribution in [1.82, 2.24) is 20.0 Å². The van der Waals surface area contributed by atoms with Crippen molar-refractivity contribution in [3.05, 3.63) is 80.4 Å². The summed E-state index contributed by atoms with van der Waals surface area (Å²) in [6, 6.07) is 13.2. The first-order valence-electron chi connectivity index (χ1n) is 11.6. The number of aryl methyl sites for hydroxylation is 2. The van der Waals surface area contributed by atoms with Gasteiger partial charge in [0.25, 0.3) is 22.9 Å². The smallest absolute Gasteiger partial charge is 0.279 e. The van der Waals surface area contributed by atoms with E-state index in [0.29, 0.717) is 47.7 Å². The average molecular weight is 491 g/mol. The van der Waals surface area contributed by atoms with E-state index < -0.39 is 45.6 Å². The molecule has 0 bridgehead atoms. The first kappa shape index (κ1) is 24.5. The first-order valence-corrected chi connectivity index (χ1v) is 11.6. The summed E-state index contributed by atoms with van der Waals surface area (Å²) in [5, 5.41) is 22.0. The highest BCUT2D eigenvalue weighted by atomic mass is 16.3. The number of aromatic nitrogens is 2. The second-order valence-electron chi connectivity index (χ2n) is 8.30. The van der Waals surface area contributed by atoms with Crippen LogP contribution < -0.4 is 22.0 Å². The van der Waals surface area contributed by atoms with Crippen LogP contribution in [0.25, 0.3) is 21.8 Å². The fourth-order valence-corrected chi connectivity index (χ4v) is 4.32. The van der Waals surface area contributed by atoms with Crippen molar-refractivity contribution in [2.45, 2.75) is 39.8 Å². The molecule has 4 rings (SSSR count). The van der Waals surface area contributed by atoms with Crippen LogP contribution in [0.1, 0.15) is 47.4 Å². The predicted molar refractivity (Wildman–Crippen MR) is 135 cm³/mol. The number of fused-ring (bicyclic) bond motifs is 2. The lowest BCUT2D eigenvalue weighted by molar-refractivity contribution is 0.0841. The number of pyridine rings is 2. The molecular weight excluding hydrogens is 464 g/mol. The number of nitrogens with one attached hydrogen (secondary N) is 2. The molecule has 2 amide bonds. The number of para-hydroxylation sites is 2. The lowest BCUT2D eigenvalue weighted by atomic mass is 10.1. The van der Waals surface area contributed by atoms with Crippen molar-refractivity contribution in [1.29, 1.82) is 0 Å². The molecule has 186 valence electrons. The van der Waals surface area contributed by atoms with Gasteiger partial charge >= 0.3 is 0 Å². The number of hydrogen-bond donors (Lipinski definition) is 4. The summed E-state index contributed by atoms with van der Waals surface area (Å²) >= 11 is 0. The Morgan fingerprint density at radius 3 is 1.42 bits per heavy atom. The highest BCUT2D eigenvalue weighted by molar-refractivity contribution is 6.06. The fourth-order valence-electron chi connectivity index (χ4n) is 4.32. The molecular formula is C26H26N4O6. The van der Waals surface area contributed by atoms with Gasteiger partial charge in [-0.3, -0.25) is 30.0 Å². The summed E-state index contributed by atoms with van der Waals surface area (Å²) in [5.41, 5.74) is 2.59. The number of carbonyl (C=O) groups is 2. The Bertz CT molecular complexity index is 1500. The Hall–Kier alpha value is -4.60. The average Bonchev–Trinajstić information content (AvgIpc) is 2.88. The summed E-state index contributed by atoms with van der Waals surface area (Å²) < 4.78 is 2.76. The third-order valence-corrected chi connectivity index (χ3v) is 5.93. The zero-order valence-corrected chi connectivity index (χ0v) is 19.9. The number of nitrogens with zero attached hydrogens (tertiary/aromatic N) is 2. The molecule has 2 heterocycles. The van der Waals surface area contributed by atoms with E-state index in [1.54, 1.807) is 48.5 Å². The molecule has 0 unspecified atom stereocenters. The van der Waals surface area contributed by atoms with Crippen molar-refractivity contribution in [3.8, 4) is 11.5 Å². The predicted octanol–water partition coefficient (Wildman–Crippen LogP) is 2.62. The first-order chi connectivity index (χ1) is 17.3. The Morgan fingerprint density at radius 1 is 0.694 bits per heavy atom. The van der Waals surface area contributed by atoms with Crippen molar-refractivity contribution in [3.63, 3.8) is 0 Å². The van der Waals surface area contributed by atoms with Gasteiger partial charge in [0.15, 0.2) is 0 Å². The molecule has 0 aliphatic rings. The quantitative estimate of drug-likeness (QED) is 0.306. The van der Waals surface area contributed by atoms with Crippen molar-refractivity contribution >= 4 is 33.6 Å².